The highest BCUT2D eigenvalue weighted by molar-refractivity contribution is 7.84. The molecule has 0 aromatic heterocycles. The summed E-state index contributed by atoms with van der Waals surface area (Å²) >= 11 is 0. The first-order chi connectivity index (χ1) is 16.3. The van der Waals surface area contributed by atoms with E-state index in [1.807, 2.05) is 0 Å². The molecule has 0 radical (unpaired) electrons. The van der Waals surface area contributed by atoms with E-state index in [1.165, 1.54) is 6.92 Å². The van der Waals surface area contributed by atoms with Crippen molar-refractivity contribution in [2.24, 2.45) is 11.7 Å². The molecule has 35 heavy (non-hydrogen) atoms. The highest BCUT2D eigenvalue weighted by atomic mass is 32.2. The molecule has 1 heterocycles. The van der Waals surface area contributed by atoms with Gasteiger partial charge in [0.2, 0.25) is 23.4 Å². The summed E-state index contributed by atoms with van der Waals surface area (Å²) < 4.78 is 41.1. The third-order valence-corrected chi connectivity index (χ3v) is 5.90. The van der Waals surface area contributed by atoms with Crippen molar-refractivity contribution in [3.8, 4) is 0 Å². The van der Waals surface area contributed by atoms with Crippen molar-refractivity contribution in [2.75, 3.05) is 20.2 Å². The molecule has 5 amide bonds. The molecule has 0 bridgehead atoms. The molecule has 3 atom stereocenters. The highest BCUT2D eigenvalue weighted by Gasteiger charge is 2.58. The average molecular weight is 516 g/mol. The smallest absolute Gasteiger partial charge is 0.408 e. The monoisotopic (exact) mass is 515 g/mol. The Bertz CT molecular complexity index is 1100. The molecule has 0 aliphatic carbocycles. The Hall–Kier alpha value is -3.76. The van der Waals surface area contributed by atoms with Gasteiger partial charge in [-0.3, -0.25) is 23.7 Å². The molecule has 3 unspecified atom stereocenters. The minimum Gasteiger partial charge on any atom is -0.445 e. The van der Waals surface area contributed by atoms with Gasteiger partial charge in [-0.1, -0.05) is 37.3 Å². The number of hydrogen-bond acceptors (Lipinski definition) is 9. The summed E-state index contributed by atoms with van der Waals surface area (Å²) in [6, 6.07) is 7.15. The Morgan fingerprint density at radius 1 is 1.23 bits per heavy atom. The minimum absolute atomic E-state index is 0.0743. The topological polar surface area (TPSA) is 224 Å². The molecular formula is C19H25N5O10S. The summed E-state index contributed by atoms with van der Waals surface area (Å²) in [5.41, 5.74) is 3.86. The summed E-state index contributed by atoms with van der Waals surface area (Å²) in [7, 11) is -3.81. The Kier molecular flexibility index (Phi) is 8.72. The van der Waals surface area contributed by atoms with Gasteiger partial charge in [-0.05, 0) is 5.56 Å². The molecule has 1 saturated heterocycles. The van der Waals surface area contributed by atoms with Crippen LogP contribution in [0, 0.1) is 5.92 Å². The molecule has 0 spiro atoms. The zero-order valence-corrected chi connectivity index (χ0v) is 19.5. The Morgan fingerprint density at radius 2 is 1.86 bits per heavy atom. The van der Waals surface area contributed by atoms with Gasteiger partial charge >= 0.3 is 16.4 Å². The van der Waals surface area contributed by atoms with Crippen LogP contribution in [0.15, 0.2) is 30.3 Å². The zero-order chi connectivity index (χ0) is 26.4. The number of rotatable bonds is 11. The molecule has 192 valence electrons. The second-order valence-electron chi connectivity index (χ2n) is 7.46. The molecule has 16 heteroatoms. The van der Waals surface area contributed by atoms with Gasteiger partial charge in [-0.25, -0.2) is 9.10 Å². The predicted molar refractivity (Wildman–Crippen MR) is 116 cm³/mol. The minimum atomic E-state index is -4.83. The van der Waals surface area contributed by atoms with Crippen LogP contribution in [-0.2, 0) is 45.6 Å². The molecule has 1 fully saturated rings. The van der Waals surface area contributed by atoms with Gasteiger partial charge in [0.05, 0.1) is 19.0 Å². The number of alkyl carbamates (subject to hydrolysis) is 1. The van der Waals surface area contributed by atoms with Crippen LogP contribution < -0.4 is 21.7 Å². The van der Waals surface area contributed by atoms with Crippen LogP contribution in [0.25, 0.3) is 0 Å². The molecule has 1 aromatic rings. The maximum Gasteiger partial charge on any atom is 0.408 e. The Morgan fingerprint density at radius 3 is 2.37 bits per heavy atom. The predicted octanol–water partition coefficient (Wildman–Crippen LogP) is -2.38. The molecule has 1 aliphatic heterocycles. The number of primary amides is 1. The molecule has 6 N–H and O–H groups in total. The fourth-order valence-electron chi connectivity index (χ4n) is 2.95. The van der Waals surface area contributed by atoms with Crippen LogP contribution in [-0.4, -0.2) is 79.0 Å². The van der Waals surface area contributed by atoms with Gasteiger partial charge < -0.3 is 31.2 Å². The van der Waals surface area contributed by atoms with E-state index < -0.39 is 70.8 Å². The fourth-order valence-corrected chi connectivity index (χ4v) is 3.66. The number of nitrogens with one attached hydrogen (secondary N) is 3. The van der Waals surface area contributed by atoms with Gasteiger partial charge in [0, 0.05) is 7.11 Å². The van der Waals surface area contributed by atoms with Gasteiger partial charge in [-0.2, -0.15) is 8.42 Å². The first kappa shape index (κ1) is 27.5. The number of ether oxygens (including phenoxy) is 2. The van der Waals surface area contributed by atoms with Crippen LogP contribution >= 0.6 is 0 Å². The summed E-state index contributed by atoms with van der Waals surface area (Å²) in [6.07, 6.45) is -1.02. The number of nitrogens with zero attached hydrogens (tertiary/aromatic N) is 1. The lowest BCUT2D eigenvalue weighted by Gasteiger charge is -2.44. The largest absolute Gasteiger partial charge is 0.445 e. The van der Waals surface area contributed by atoms with E-state index in [9.17, 15) is 32.4 Å². The van der Waals surface area contributed by atoms with E-state index in [1.54, 1.807) is 30.3 Å². The quantitative estimate of drug-likeness (QED) is 0.120. The second-order valence-corrected chi connectivity index (χ2v) is 8.80. The van der Waals surface area contributed by atoms with E-state index in [0.29, 0.717) is 5.56 Å². The summed E-state index contributed by atoms with van der Waals surface area (Å²) in [5.74, 6) is -5.29. The van der Waals surface area contributed by atoms with Crippen LogP contribution in [0.2, 0.25) is 0 Å². The van der Waals surface area contributed by atoms with Crippen LogP contribution in [0.1, 0.15) is 12.5 Å². The van der Waals surface area contributed by atoms with Crippen molar-refractivity contribution in [3.63, 3.8) is 0 Å². The summed E-state index contributed by atoms with van der Waals surface area (Å²) in [6.45, 7) is -0.272. The number of carbonyl (C=O) groups is 5. The van der Waals surface area contributed by atoms with Crippen molar-refractivity contribution in [2.45, 2.75) is 25.3 Å². The van der Waals surface area contributed by atoms with E-state index >= 15 is 0 Å². The normalized spacial score (nSPS) is 19.1. The number of hydrogen-bond donors (Lipinski definition) is 5. The summed E-state index contributed by atoms with van der Waals surface area (Å²) in [5, 5.41) is 6.50. The lowest BCUT2D eigenvalue weighted by Crippen LogP contribution is -2.76. The Balaban J connectivity index is 1.95. The van der Waals surface area contributed by atoms with E-state index in [-0.39, 0.29) is 10.9 Å². The number of benzene rings is 1. The maximum atomic E-state index is 12.6. The SMILES string of the molecule is COC1(NC(=O)CNC(=O)C(NC(=O)OCc2ccccc2)C(C)C(N)=O)CN(S(=O)(=O)O)C1=O. The zero-order valence-electron chi connectivity index (χ0n) is 18.7. The van der Waals surface area contributed by atoms with Crippen molar-refractivity contribution in [1.29, 1.82) is 0 Å². The Labute approximate surface area is 200 Å². The molecule has 1 aliphatic rings. The number of β-lactam (4-membered cyclic amide) rings is 1. The van der Waals surface area contributed by atoms with Crippen LogP contribution in [0.5, 0.6) is 0 Å². The number of nitrogens with two attached hydrogens (primary N) is 1. The van der Waals surface area contributed by atoms with Gasteiger partial charge in [0.25, 0.3) is 5.91 Å². The van der Waals surface area contributed by atoms with Gasteiger partial charge in [0.15, 0.2) is 0 Å². The molecular weight excluding hydrogens is 490 g/mol. The van der Waals surface area contributed by atoms with Crippen LogP contribution in [0.3, 0.4) is 0 Å². The third-order valence-electron chi connectivity index (χ3n) is 5.05. The van der Waals surface area contributed by atoms with E-state index in [4.69, 9.17) is 19.8 Å². The van der Waals surface area contributed by atoms with E-state index in [2.05, 4.69) is 16.0 Å². The average Bonchev–Trinajstić information content (AvgIpc) is 2.81. The van der Waals surface area contributed by atoms with Gasteiger partial charge in [0.1, 0.15) is 12.6 Å². The molecule has 1 aromatic carbocycles. The number of carbonyl (C=O) groups excluding carboxylic acids is 5. The van der Waals surface area contributed by atoms with Crippen molar-refractivity contribution >= 4 is 40.0 Å². The lowest BCUT2D eigenvalue weighted by molar-refractivity contribution is -0.180. The molecule has 15 nitrogen and oxygen atoms in total. The standard InChI is InChI=1S/C19H25N5O10S/c1-11(15(20)26)14(22-18(29)34-9-12-6-4-3-5-7-12)16(27)21-8-13(25)23-19(33-2)10-24(17(19)28)35(30,31)32/h3-7,11,14H,8-10H2,1-2H3,(H2,20,26)(H,21,27)(H,22,29)(H,23,25)(H,30,31,32). The second kappa shape index (κ2) is 11.1. The fraction of sp³-hybridized carbons (Fsp3) is 0.421. The lowest BCUT2D eigenvalue weighted by atomic mass is 10.0. The van der Waals surface area contributed by atoms with Crippen molar-refractivity contribution in [3.05, 3.63) is 35.9 Å². The maximum absolute atomic E-state index is 12.6. The van der Waals surface area contributed by atoms with Crippen LogP contribution in [0.4, 0.5) is 4.79 Å². The summed E-state index contributed by atoms with van der Waals surface area (Å²) in [4.78, 5) is 60.6. The molecule has 0 saturated carbocycles. The number of methoxy groups -OCH3 is 1. The first-order valence-electron chi connectivity index (χ1n) is 10.0. The first-order valence-corrected chi connectivity index (χ1v) is 11.4. The molecule has 2 rings (SSSR count). The number of amides is 5. The van der Waals surface area contributed by atoms with Crippen molar-refractivity contribution < 1.29 is 46.4 Å². The van der Waals surface area contributed by atoms with Gasteiger partial charge in [-0.15, -0.1) is 0 Å². The van der Waals surface area contributed by atoms with Crippen molar-refractivity contribution in [1.82, 2.24) is 20.3 Å². The highest BCUT2D eigenvalue weighted by Crippen LogP contribution is 2.26. The van der Waals surface area contributed by atoms with E-state index in [0.717, 1.165) is 7.11 Å². The third kappa shape index (κ3) is 6.87.